The van der Waals surface area contributed by atoms with Crippen molar-refractivity contribution in [2.45, 2.75) is 121 Å². The van der Waals surface area contributed by atoms with Crippen molar-refractivity contribution in [1.29, 1.82) is 0 Å². The number of ketones is 1. The lowest BCUT2D eigenvalue weighted by Gasteiger charge is -2.36. The first-order valence-corrected chi connectivity index (χ1v) is 19.9. The number of Topliss-reactive ketones (excluding diaryl/α,β-unsaturated/α-hetero) is 1. The molecule has 0 saturated carbocycles. The molecule has 0 aliphatic heterocycles. The third-order valence-corrected chi connectivity index (χ3v) is 13.5. The summed E-state index contributed by atoms with van der Waals surface area (Å²) in [6.45, 7) is 11.0. The molecule has 12 heteroatoms. The summed E-state index contributed by atoms with van der Waals surface area (Å²) in [4.78, 5) is 26.0. The van der Waals surface area contributed by atoms with Gasteiger partial charge in [-0.15, -0.1) is 0 Å². The highest BCUT2D eigenvalue weighted by Gasteiger charge is 2.37. The van der Waals surface area contributed by atoms with Gasteiger partial charge in [0.15, 0.2) is 8.32 Å². The van der Waals surface area contributed by atoms with E-state index in [9.17, 15) is 30.0 Å². The lowest BCUT2D eigenvalue weighted by atomic mass is 9.97. The van der Waals surface area contributed by atoms with Gasteiger partial charge in [-0.05, 0) is 72.9 Å². The maximum absolute atomic E-state index is 13.0. The van der Waals surface area contributed by atoms with Crippen LogP contribution >= 0.6 is 0 Å². The number of benzene rings is 2. The zero-order chi connectivity index (χ0) is 36.6. The van der Waals surface area contributed by atoms with Crippen LogP contribution in [0.2, 0.25) is 18.1 Å². The molecule has 11 nitrogen and oxygen atoms in total. The highest BCUT2D eigenvalue weighted by Crippen LogP contribution is 2.36. The monoisotopic (exact) mass is 706 g/mol. The van der Waals surface area contributed by atoms with Crippen LogP contribution in [0.3, 0.4) is 0 Å². The molecule has 0 fully saturated rings. The van der Waals surface area contributed by atoms with Crippen molar-refractivity contribution >= 4 is 20.1 Å². The number of carbonyl (C=O) groups excluding carboxylic acids is 2. The molecule has 4 N–H and O–H groups in total. The van der Waals surface area contributed by atoms with E-state index in [1.807, 2.05) is 12.1 Å². The van der Waals surface area contributed by atoms with E-state index in [0.29, 0.717) is 30.1 Å². The Balaban J connectivity index is 2.00. The van der Waals surface area contributed by atoms with Gasteiger partial charge in [-0.2, -0.15) is 0 Å². The highest BCUT2D eigenvalue weighted by atomic mass is 28.4. The minimum absolute atomic E-state index is 0.00488. The molecular weight excluding hydrogens is 648 g/mol. The maximum Gasteiger partial charge on any atom is 0.338 e. The lowest BCUT2D eigenvalue weighted by Crippen LogP contribution is -2.41. The molecule has 2 rings (SSSR count). The summed E-state index contributed by atoms with van der Waals surface area (Å²) in [7, 11) is 1.05. The Morgan fingerprint density at radius 3 is 1.88 bits per heavy atom. The largest absolute Gasteiger partial charge is 0.497 e. The summed E-state index contributed by atoms with van der Waals surface area (Å²) in [6.07, 6.45) is -4.09. The Morgan fingerprint density at radius 2 is 1.33 bits per heavy atom. The molecule has 0 unspecified atom stereocenters. The van der Waals surface area contributed by atoms with E-state index >= 15 is 0 Å². The van der Waals surface area contributed by atoms with Gasteiger partial charge in [0.25, 0.3) is 0 Å². The van der Waals surface area contributed by atoms with Crippen LogP contribution < -0.4 is 9.47 Å². The first-order chi connectivity index (χ1) is 23.1. The summed E-state index contributed by atoms with van der Waals surface area (Å²) < 4.78 is 28.4. The van der Waals surface area contributed by atoms with Crippen LogP contribution in [0, 0.1) is 0 Å². The molecule has 0 aliphatic rings. The van der Waals surface area contributed by atoms with Gasteiger partial charge in [-0.25, -0.2) is 4.79 Å². The fourth-order valence-electron chi connectivity index (χ4n) is 4.95. The van der Waals surface area contributed by atoms with Crippen LogP contribution in [0.1, 0.15) is 81.6 Å². The fraction of sp³-hybridized carbons (Fsp3) is 0.622. The second-order valence-electron chi connectivity index (χ2n) is 14.1. The van der Waals surface area contributed by atoms with Gasteiger partial charge in [0.1, 0.15) is 23.4 Å². The molecule has 0 aliphatic carbocycles. The van der Waals surface area contributed by atoms with Gasteiger partial charge in [-0.1, -0.05) is 32.9 Å². The summed E-state index contributed by atoms with van der Waals surface area (Å²) in [6, 6.07) is 13.8. The van der Waals surface area contributed by atoms with Gasteiger partial charge in [-0.3, -0.25) is 4.79 Å². The number of rotatable bonds is 23. The minimum Gasteiger partial charge on any atom is -0.497 e. The number of methoxy groups -OCH3 is 2. The normalized spacial score (nSPS) is 15.2. The van der Waals surface area contributed by atoms with Crippen LogP contribution in [0.4, 0.5) is 0 Å². The smallest absolute Gasteiger partial charge is 0.338 e. The molecule has 0 heterocycles. The molecule has 2 aromatic rings. The minimum atomic E-state index is -2.07. The van der Waals surface area contributed by atoms with Crippen molar-refractivity contribution in [3.63, 3.8) is 0 Å². The van der Waals surface area contributed by atoms with Gasteiger partial charge in [0.2, 0.25) is 0 Å². The van der Waals surface area contributed by atoms with Crippen molar-refractivity contribution in [2.24, 2.45) is 0 Å². The molecular formula is C37H58O11Si. The van der Waals surface area contributed by atoms with Crippen molar-refractivity contribution in [3.05, 3.63) is 59.7 Å². The Kier molecular flexibility index (Phi) is 17.9. The predicted octanol–water partition coefficient (Wildman–Crippen LogP) is 5.21. The molecule has 0 radical (unpaired) electrons. The molecule has 0 spiro atoms. The quantitative estimate of drug-likeness (QED) is 0.0887. The Morgan fingerprint density at radius 1 is 0.755 bits per heavy atom. The third-order valence-electron chi connectivity index (χ3n) is 8.95. The lowest BCUT2D eigenvalue weighted by molar-refractivity contribution is -0.125. The number of hydrogen-bond donors (Lipinski definition) is 4. The Hall–Kier alpha value is -2.84. The number of esters is 1. The highest BCUT2D eigenvalue weighted by molar-refractivity contribution is 6.74. The van der Waals surface area contributed by atoms with Crippen molar-refractivity contribution in [1.82, 2.24) is 0 Å². The summed E-state index contributed by atoms with van der Waals surface area (Å²) >= 11 is 0. The first-order valence-electron chi connectivity index (χ1n) is 17.0. The summed E-state index contributed by atoms with van der Waals surface area (Å²) in [5.74, 6) is 0.463. The predicted molar refractivity (Wildman–Crippen MR) is 189 cm³/mol. The van der Waals surface area contributed by atoms with Crippen molar-refractivity contribution in [3.8, 4) is 11.5 Å². The van der Waals surface area contributed by atoms with Crippen LogP contribution in [0.5, 0.6) is 11.5 Å². The van der Waals surface area contributed by atoms with E-state index in [1.165, 1.54) is 7.11 Å². The standard InChI is InChI=1S/C37H58O11Si/c1-37(2,3)49(6,7)47-19-17-34(48-36(43)27-10-14-33(45-5)15-11-27)23-30(41)20-29(40)21-31(42)24-35(22-28(39)16-18-38)46-25-26-8-12-32(44-4)13-9-26/h8-15,28-30,34-35,38-41H,16-25H2,1-7H3/t28-,29+,30+,34+,35+/m0/s1. The van der Waals surface area contributed by atoms with E-state index in [1.54, 1.807) is 43.5 Å². The SMILES string of the molecule is COc1ccc(CO[C@@H](CC(=O)C[C@H](O)C[C@@H](O)C[C@@H](CCO[Si](C)(C)C(C)(C)C)OC(=O)c2ccc(OC)cc2)C[C@@H](O)CCO)cc1. The van der Waals surface area contributed by atoms with E-state index < -0.39 is 44.8 Å². The second-order valence-corrected chi connectivity index (χ2v) is 18.9. The Bertz CT molecular complexity index is 1240. The van der Waals surface area contributed by atoms with E-state index in [-0.39, 0.29) is 62.6 Å². The zero-order valence-electron chi connectivity index (χ0n) is 30.2. The number of carbonyl (C=O) groups is 2. The van der Waals surface area contributed by atoms with E-state index in [2.05, 4.69) is 33.9 Å². The van der Waals surface area contributed by atoms with Crippen LogP contribution in [0.25, 0.3) is 0 Å². The summed E-state index contributed by atoms with van der Waals surface area (Å²) in [5.41, 5.74) is 1.19. The number of ether oxygens (including phenoxy) is 4. The second kappa shape index (κ2) is 20.7. The third kappa shape index (κ3) is 15.7. The topological polar surface area (TPSA) is 161 Å². The molecule has 2 aromatic carbocycles. The first kappa shape index (κ1) is 42.3. The van der Waals surface area contributed by atoms with Crippen LogP contribution in [0.15, 0.2) is 48.5 Å². The molecule has 0 amide bonds. The van der Waals surface area contributed by atoms with Crippen molar-refractivity contribution < 1.29 is 53.4 Å². The average molecular weight is 707 g/mol. The molecule has 0 saturated heterocycles. The zero-order valence-corrected chi connectivity index (χ0v) is 31.2. The number of aliphatic hydroxyl groups is 4. The molecule has 0 bridgehead atoms. The summed E-state index contributed by atoms with van der Waals surface area (Å²) in [5, 5.41) is 41.2. The van der Waals surface area contributed by atoms with Gasteiger partial charge < -0.3 is 43.8 Å². The van der Waals surface area contributed by atoms with Crippen LogP contribution in [-0.4, -0.2) is 98.4 Å². The number of hydrogen-bond acceptors (Lipinski definition) is 11. The Labute approximate surface area is 292 Å². The van der Waals surface area contributed by atoms with Gasteiger partial charge in [0, 0.05) is 45.3 Å². The van der Waals surface area contributed by atoms with E-state index in [0.717, 1.165) is 5.56 Å². The van der Waals surface area contributed by atoms with Gasteiger partial charge in [0.05, 0.1) is 50.8 Å². The maximum atomic E-state index is 13.0. The molecule has 49 heavy (non-hydrogen) atoms. The van der Waals surface area contributed by atoms with E-state index in [4.69, 9.17) is 23.4 Å². The molecule has 0 aromatic heterocycles. The van der Waals surface area contributed by atoms with Crippen molar-refractivity contribution in [2.75, 3.05) is 27.4 Å². The number of aliphatic hydroxyl groups excluding tert-OH is 4. The fourth-order valence-corrected chi connectivity index (χ4v) is 6.01. The van der Waals surface area contributed by atoms with Gasteiger partial charge >= 0.3 is 5.97 Å². The average Bonchev–Trinajstić information content (AvgIpc) is 3.03. The molecule has 5 atom stereocenters. The van der Waals surface area contributed by atoms with Crippen LogP contribution in [-0.2, 0) is 25.3 Å². The molecule has 276 valence electrons.